The molecule has 0 aromatic heterocycles. The van der Waals surface area contributed by atoms with Crippen molar-refractivity contribution in [3.05, 3.63) is 108 Å². The lowest BCUT2D eigenvalue weighted by atomic mass is 10.1. The highest BCUT2D eigenvalue weighted by atomic mass is 31.2. The molecule has 0 amide bonds. The van der Waals surface area contributed by atoms with Crippen LogP contribution in [0, 0.1) is 0 Å². The summed E-state index contributed by atoms with van der Waals surface area (Å²) in [5.74, 6) is 1.57. The van der Waals surface area contributed by atoms with Gasteiger partial charge in [0.15, 0.2) is 23.0 Å². The highest BCUT2D eigenvalue weighted by molar-refractivity contribution is 7.52. The van der Waals surface area contributed by atoms with Gasteiger partial charge in [0.2, 0.25) is 5.75 Å². The summed E-state index contributed by atoms with van der Waals surface area (Å²) in [4.78, 5) is 12.9. The number of nitrogens with one attached hydrogen (secondary N) is 1. The minimum absolute atomic E-state index is 0.125. The molecule has 1 unspecified atom stereocenters. The van der Waals surface area contributed by atoms with Gasteiger partial charge in [0.25, 0.3) is 0 Å². The Kier molecular flexibility index (Phi) is 11.5. The number of hydrogen-bond donors (Lipinski definition) is 1. The molecule has 0 saturated carbocycles. The predicted octanol–water partition coefficient (Wildman–Crippen LogP) is 6.83. The zero-order valence-corrected chi connectivity index (χ0v) is 26.6. The van der Waals surface area contributed by atoms with Crippen LogP contribution >= 0.6 is 7.75 Å². The molecule has 45 heavy (non-hydrogen) atoms. The van der Waals surface area contributed by atoms with Crippen molar-refractivity contribution in [2.24, 2.45) is 0 Å². The van der Waals surface area contributed by atoms with Crippen LogP contribution in [0.15, 0.2) is 91.0 Å². The monoisotopic (exact) mass is 633 g/mol. The average Bonchev–Trinajstić information content (AvgIpc) is 3.07. The van der Waals surface area contributed by atoms with Gasteiger partial charge in [-0.1, -0.05) is 66.7 Å². The molecule has 2 atom stereocenters. The number of esters is 1. The van der Waals surface area contributed by atoms with E-state index in [9.17, 15) is 9.36 Å². The largest absolute Gasteiger partial charge is 0.513 e. The third-order valence-corrected chi connectivity index (χ3v) is 8.13. The van der Waals surface area contributed by atoms with Crippen molar-refractivity contribution in [3.8, 4) is 34.5 Å². The maximum Gasteiger partial charge on any atom is 0.513 e. The molecule has 0 heterocycles. The van der Waals surface area contributed by atoms with Gasteiger partial charge in [0, 0.05) is 0 Å². The molecule has 10 nitrogen and oxygen atoms in total. The summed E-state index contributed by atoms with van der Waals surface area (Å²) in [5.41, 5.74) is 2.30. The first-order chi connectivity index (χ1) is 21.8. The highest BCUT2D eigenvalue weighted by Crippen LogP contribution is 2.48. The smallest absolute Gasteiger partial charge is 0.493 e. The van der Waals surface area contributed by atoms with Crippen molar-refractivity contribution in [2.75, 3.05) is 35.5 Å². The molecule has 0 aliphatic carbocycles. The number of methoxy groups -OCH3 is 5. The Morgan fingerprint density at radius 2 is 1.27 bits per heavy atom. The van der Waals surface area contributed by atoms with E-state index in [2.05, 4.69) is 5.09 Å². The van der Waals surface area contributed by atoms with Gasteiger partial charge in [-0.3, -0.25) is 4.79 Å². The Bertz CT molecular complexity index is 1620. The van der Waals surface area contributed by atoms with Crippen LogP contribution in [0.3, 0.4) is 0 Å². The lowest BCUT2D eigenvalue weighted by Gasteiger charge is -2.25. The first-order valence-corrected chi connectivity index (χ1v) is 15.5. The van der Waals surface area contributed by atoms with Crippen molar-refractivity contribution in [3.63, 3.8) is 0 Å². The molecule has 0 bridgehead atoms. The second-order valence-electron chi connectivity index (χ2n) is 9.59. The first kappa shape index (κ1) is 33.0. The fourth-order valence-corrected chi connectivity index (χ4v) is 5.97. The summed E-state index contributed by atoms with van der Waals surface area (Å²) in [5, 5.41) is 2.81. The van der Waals surface area contributed by atoms with E-state index >= 15 is 0 Å². The molecule has 1 N–H and O–H groups in total. The normalized spacial score (nSPS) is 12.9. The number of carbonyl (C=O) groups is 1. The standard InChI is InChI=1S/C34H36NO9P/c1-38-29-19-18-25(16-17-26-22-31(39-2)33(41-4)32(23-26)40-3)21-30(29)44-45(37,43-27-14-10-7-11-15-27)35-28(34(36)42-5)20-24-12-8-6-9-13-24/h6-19,21-23,28H,20H2,1-5H3,(H,35,37)/b17-16-/t28-,45?/m0/s1. The molecule has 4 aromatic carbocycles. The van der Waals surface area contributed by atoms with Crippen molar-refractivity contribution in [1.82, 2.24) is 5.09 Å². The van der Waals surface area contributed by atoms with E-state index in [4.69, 9.17) is 32.7 Å². The van der Waals surface area contributed by atoms with E-state index in [0.29, 0.717) is 28.6 Å². The summed E-state index contributed by atoms with van der Waals surface area (Å²) >= 11 is 0. The van der Waals surface area contributed by atoms with Gasteiger partial charge in [0.05, 0.1) is 35.5 Å². The number of para-hydroxylation sites is 1. The maximum absolute atomic E-state index is 14.5. The van der Waals surface area contributed by atoms with Gasteiger partial charge >= 0.3 is 13.7 Å². The summed E-state index contributed by atoms with van der Waals surface area (Å²) < 4.78 is 53.3. The van der Waals surface area contributed by atoms with Crippen LogP contribution in [0.4, 0.5) is 0 Å². The van der Waals surface area contributed by atoms with Crippen LogP contribution < -0.4 is 33.1 Å². The van der Waals surface area contributed by atoms with Crippen molar-refractivity contribution < 1.29 is 42.1 Å². The predicted molar refractivity (Wildman–Crippen MR) is 172 cm³/mol. The van der Waals surface area contributed by atoms with Crippen LogP contribution in [0.2, 0.25) is 0 Å². The van der Waals surface area contributed by atoms with Gasteiger partial charge in [-0.15, -0.1) is 0 Å². The molecule has 236 valence electrons. The Balaban J connectivity index is 1.69. The molecule has 0 spiro atoms. The van der Waals surface area contributed by atoms with Crippen molar-refractivity contribution >= 4 is 25.9 Å². The minimum Gasteiger partial charge on any atom is -0.493 e. The molecule has 0 aliphatic rings. The molecule has 0 radical (unpaired) electrons. The van der Waals surface area contributed by atoms with Gasteiger partial charge in [-0.25, -0.2) is 4.57 Å². The molecule has 0 aliphatic heterocycles. The van der Waals surface area contributed by atoms with E-state index in [1.165, 1.54) is 14.2 Å². The van der Waals surface area contributed by atoms with E-state index in [1.807, 2.05) is 60.7 Å². The molecule has 4 aromatic rings. The number of rotatable bonds is 15. The summed E-state index contributed by atoms with van der Waals surface area (Å²) in [6.45, 7) is 0. The van der Waals surface area contributed by atoms with E-state index < -0.39 is 19.8 Å². The third kappa shape index (κ3) is 8.81. The van der Waals surface area contributed by atoms with Gasteiger partial charge in [0.1, 0.15) is 11.8 Å². The van der Waals surface area contributed by atoms with Gasteiger partial charge in [-0.05, 0) is 59.5 Å². The third-order valence-electron chi connectivity index (χ3n) is 6.61. The van der Waals surface area contributed by atoms with Crippen LogP contribution in [-0.4, -0.2) is 47.6 Å². The zero-order valence-electron chi connectivity index (χ0n) is 25.7. The Morgan fingerprint density at radius 1 is 0.689 bits per heavy atom. The second kappa shape index (κ2) is 15.7. The fraction of sp³-hybridized carbons (Fsp3) is 0.206. The number of carbonyl (C=O) groups excluding carboxylic acids is 1. The summed E-state index contributed by atoms with van der Waals surface area (Å²) in [6, 6.07) is 25.5. The quantitative estimate of drug-likeness (QED) is 0.0850. The Morgan fingerprint density at radius 3 is 1.84 bits per heavy atom. The lowest BCUT2D eigenvalue weighted by Crippen LogP contribution is -2.39. The first-order valence-electron chi connectivity index (χ1n) is 13.9. The van der Waals surface area contributed by atoms with Crippen LogP contribution in [0.5, 0.6) is 34.5 Å². The maximum atomic E-state index is 14.5. The molecule has 0 saturated heterocycles. The summed E-state index contributed by atoms with van der Waals surface area (Å²) in [6.07, 6.45) is 3.85. The molecule has 11 heteroatoms. The van der Waals surface area contributed by atoms with E-state index in [0.717, 1.165) is 11.1 Å². The lowest BCUT2D eigenvalue weighted by molar-refractivity contribution is -0.142. The average molecular weight is 634 g/mol. The molecule has 0 fully saturated rings. The van der Waals surface area contributed by atoms with Crippen molar-refractivity contribution in [1.29, 1.82) is 0 Å². The Labute approximate surface area is 263 Å². The number of benzene rings is 4. The second-order valence-corrected chi connectivity index (χ2v) is 11.2. The Hall–Kier alpha value is -4.92. The highest BCUT2D eigenvalue weighted by Gasteiger charge is 2.36. The fourth-order valence-electron chi connectivity index (χ4n) is 4.44. The van der Waals surface area contributed by atoms with Gasteiger partial charge in [-0.2, -0.15) is 5.09 Å². The van der Waals surface area contributed by atoms with E-state index in [1.54, 1.807) is 63.8 Å². The molecular formula is C34H36NO9P. The molecule has 4 rings (SSSR count). The summed E-state index contributed by atoms with van der Waals surface area (Å²) in [7, 11) is 3.08. The van der Waals surface area contributed by atoms with Crippen LogP contribution in [0.25, 0.3) is 12.2 Å². The van der Waals surface area contributed by atoms with Crippen LogP contribution in [-0.2, 0) is 20.5 Å². The SMILES string of the molecule is COC(=O)[C@H](Cc1ccccc1)NP(=O)(Oc1ccccc1)Oc1cc(/C=C\c2cc(OC)c(OC)c(OC)c2)ccc1OC. The topological polar surface area (TPSA) is 111 Å². The van der Waals surface area contributed by atoms with Crippen molar-refractivity contribution in [2.45, 2.75) is 12.5 Å². The van der Waals surface area contributed by atoms with E-state index in [-0.39, 0.29) is 17.9 Å². The van der Waals surface area contributed by atoms with Crippen LogP contribution in [0.1, 0.15) is 16.7 Å². The van der Waals surface area contributed by atoms with Gasteiger partial charge < -0.3 is 32.7 Å². The minimum atomic E-state index is -4.29. The number of ether oxygens (including phenoxy) is 5. The molecular weight excluding hydrogens is 597 g/mol. The zero-order chi connectivity index (χ0) is 32.2. The number of hydrogen-bond acceptors (Lipinski definition) is 9.